The van der Waals surface area contributed by atoms with Gasteiger partial charge in [0.05, 0.1) is 17.3 Å². The molecule has 4 atom stereocenters. The monoisotopic (exact) mass is 1010 g/mol. The van der Waals surface area contributed by atoms with E-state index in [0.717, 1.165) is 17.1 Å². The summed E-state index contributed by atoms with van der Waals surface area (Å²) < 4.78 is 12.2. The quantitative estimate of drug-likeness (QED) is 0.0270. The number of likely N-dealkylation sites (N-methyl/N-ethyl adjacent to an activating group) is 1. The van der Waals surface area contributed by atoms with Crippen LogP contribution in [0.2, 0.25) is 25.7 Å². The van der Waals surface area contributed by atoms with Crippen LogP contribution in [0.5, 0.6) is 11.5 Å². The molecule has 4 aromatic rings. The Labute approximate surface area is 418 Å². The van der Waals surface area contributed by atoms with Crippen molar-refractivity contribution in [2.24, 2.45) is 17.2 Å². The summed E-state index contributed by atoms with van der Waals surface area (Å²) in [6, 6.07) is 16.3. The summed E-state index contributed by atoms with van der Waals surface area (Å²) in [6.45, 7) is 10.6. The number of nitriles is 1. The van der Waals surface area contributed by atoms with Gasteiger partial charge in [-0.3, -0.25) is 24.0 Å². The normalized spacial score (nSPS) is 16.4. The Hall–Kier alpha value is -6.02. The van der Waals surface area contributed by atoms with E-state index >= 15 is 0 Å². The summed E-state index contributed by atoms with van der Waals surface area (Å²) in [5.41, 5.74) is 22.1. The van der Waals surface area contributed by atoms with E-state index in [0.29, 0.717) is 45.3 Å². The summed E-state index contributed by atoms with van der Waals surface area (Å²) >= 11 is 0. The topological polar surface area (TPSA) is 283 Å². The molecule has 1 aromatic heterocycles. The maximum absolute atomic E-state index is 14.7. The van der Waals surface area contributed by atoms with Gasteiger partial charge in [-0.05, 0) is 73.8 Å². The summed E-state index contributed by atoms with van der Waals surface area (Å²) in [4.78, 5) is 80.7. The Bertz CT molecular complexity index is 2520. The number of nitrogens with one attached hydrogen (secondary N) is 4. The molecule has 0 fully saturated rings. The van der Waals surface area contributed by atoms with Crippen molar-refractivity contribution in [3.63, 3.8) is 0 Å². The molecule has 3 aromatic carbocycles. The second-order valence-electron chi connectivity index (χ2n) is 18.0. The molecule has 374 valence electrons. The van der Waals surface area contributed by atoms with Crippen molar-refractivity contribution >= 4 is 59.2 Å². The molecular formula is C49H65N11O7S2Si. The van der Waals surface area contributed by atoms with E-state index in [4.69, 9.17) is 26.7 Å². The van der Waals surface area contributed by atoms with Crippen LogP contribution < -0.4 is 47.9 Å². The average molecular weight is 1010 g/mol. The summed E-state index contributed by atoms with van der Waals surface area (Å²) in [6.07, 6.45) is 1.43. The van der Waals surface area contributed by atoms with Crippen LogP contribution >= 0.6 is 21.6 Å². The highest BCUT2D eigenvalue weighted by atomic mass is 33.1. The van der Waals surface area contributed by atoms with Crippen LogP contribution in [0.4, 0.5) is 0 Å². The number of aryl methyl sites for hydroxylation is 1. The molecule has 70 heavy (non-hydrogen) atoms. The van der Waals surface area contributed by atoms with Gasteiger partial charge in [0.2, 0.25) is 23.6 Å². The smallest absolute Gasteiger partial charge is 0.255 e. The van der Waals surface area contributed by atoms with Crippen LogP contribution in [0.25, 0.3) is 22.5 Å². The molecule has 2 heterocycles. The van der Waals surface area contributed by atoms with Gasteiger partial charge in [-0.1, -0.05) is 77.6 Å². The van der Waals surface area contributed by atoms with Crippen molar-refractivity contribution in [3.05, 3.63) is 94.8 Å². The van der Waals surface area contributed by atoms with E-state index in [-0.39, 0.29) is 57.8 Å². The summed E-state index contributed by atoms with van der Waals surface area (Å²) in [5, 5.41) is 19.9. The van der Waals surface area contributed by atoms with Gasteiger partial charge < -0.3 is 52.8 Å². The number of nitrogens with two attached hydrogens (primary N) is 3. The van der Waals surface area contributed by atoms with Gasteiger partial charge in [0.1, 0.15) is 55.4 Å². The fraction of sp³-hybridized carbons (Fsp3) is 0.429. The molecule has 10 N–H and O–H groups in total. The number of hydrogen-bond donors (Lipinski definition) is 7. The van der Waals surface area contributed by atoms with E-state index in [1.807, 2.05) is 51.9 Å². The molecule has 0 radical (unpaired) electrons. The predicted octanol–water partition coefficient (Wildman–Crippen LogP) is 3.85. The molecule has 0 unspecified atom stereocenters. The van der Waals surface area contributed by atoms with Crippen LogP contribution in [-0.4, -0.2) is 123 Å². The Morgan fingerprint density at radius 3 is 2.23 bits per heavy atom. The first kappa shape index (κ1) is 54.9. The lowest BCUT2D eigenvalue weighted by atomic mass is 9.93. The van der Waals surface area contributed by atoms with Gasteiger partial charge in [-0.25, -0.2) is 9.97 Å². The first-order valence-electron chi connectivity index (χ1n) is 23.1. The molecule has 0 aliphatic carbocycles. The highest BCUT2D eigenvalue weighted by Crippen LogP contribution is 2.40. The van der Waals surface area contributed by atoms with Crippen molar-refractivity contribution in [2.75, 3.05) is 52.2 Å². The Kier molecular flexibility index (Phi) is 20.6. The molecular weight excluding hydrogens is 947 g/mol. The summed E-state index contributed by atoms with van der Waals surface area (Å²) in [7, 11) is 4.10. The second-order valence-corrected chi connectivity index (χ2v) is 26.2. The van der Waals surface area contributed by atoms with Gasteiger partial charge in [-0.2, -0.15) is 5.26 Å². The minimum Gasteiger partial charge on any atom is -0.492 e. The van der Waals surface area contributed by atoms with Crippen molar-refractivity contribution in [2.45, 2.75) is 82.3 Å². The van der Waals surface area contributed by atoms with E-state index in [2.05, 4.69) is 50.9 Å². The van der Waals surface area contributed by atoms with Crippen LogP contribution in [0, 0.1) is 18.3 Å². The number of carbonyl (C=O) groups is 5. The molecule has 5 rings (SSSR count). The third-order valence-corrected chi connectivity index (χ3v) is 15.7. The first-order chi connectivity index (χ1) is 33.5. The molecule has 5 amide bonds. The van der Waals surface area contributed by atoms with Gasteiger partial charge in [-0.15, -0.1) is 0 Å². The maximum atomic E-state index is 14.7. The Morgan fingerprint density at radius 1 is 0.929 bits per heavy atom. The summed E-state index contributed by atoms with van der Waals surface area (Å²) in [5.74, 6) is -0.119. The van der Waals surface area contributed by atoms with Crippen molar-refractivity contribution in [3.8, 4) is 40.1 Å². The predicted molar refractivity (Wildman–Crippen MR) is 277 cm³/mol. The van der Waals surface area contributed by atoms with Crippen LogP contribution in [0.3, 0.4) is 0 Å². The average Bonchev–Trinajstić information content (AvgIpc) is 3.33. The zero-order valence-corrected chi connectivity index (χ0v) is 43.3. The number of carbonyl (C=O) groups excluding carboxylic acids is 5. The SMILES string of the molecule is Cc1nc(-c2ccc(CSSCC[Si](C)(C)C)cc2)ncc1C(=O)N[C@@H](CCN)C(=O)N(C)[C@@H]1C(=O)N[C@@H](C)C(=O)N[C@H](C(=O)NCC#N)Cc2ccc(OCCN)c(c2)-c2cc1ccc2OCCN. The number of hydrogen-bond acceptors (Lipinski definition) is 15. The van der Waals surface area contributed by atoms with Gasteiger partial charge in [0.15, 0.2) is 5.82 Å². The fourth-order valence-electron chi connectivity index (χ4n) is 7.46. The van der Waals surface area contributed by atoms with E-state index in [9.17, 15) is 29.2 Å². The molecule has 1 aliphatic heterocycles. The number of aromatic nitrogens is 2. The van der Waals surface area contributed by atoms with E-state index < -0.39 is 61.8 Å². The van der Waals surface area contributed by atoms with Gasteiger partial charge in [0.25, 0.3) is 5.91 Å². The van der Waals surface area contributed by atoms with Crippen LogP contribution in [-0.2, 0) is 31.4 Å². The van der Waals surface area contributed by atoms with Gasteiger partial charge in [0, 0.05) is 69.0 Å². The zero-order valence-electron chi connectivity index (χ0n) is 40.6. The molecule has 0 saturated heterocycles. The Morgan fingerprint density at radius 2 is 1.60 bits per heavy atom. The molecule has 0 spiro atoms. The van der Waals surface area contributed by atoms with Crippen molar-refractivity contribution in [1.82, 2.24) is 36.1 Å². The number of benzene rings is 3. The highest BCUT2D eigenvalue weighted by Gasteiger charge is 2.36. The first-order valence-corrected chi connectivity index (χ1v) is 29.3. The Balaban J connectivity index is 1.46. The van der Waals surface area contributed by atoms with Crippen LogP contribution in [0.15, 0.2) is 66.9 Å². The van der Waals surface area contributed by atoms with Gasteiger partial charge >= 0.3 is 0 Å². The number of rotatable bonds is 21. The van der Waals surface area contributed by atoms with E-state index in [1.165, 1.54) is 36.7 Å². The lowest BCUT2D eigenvalue weighted by Gasteiger charge is -2.32. The molecule has 4 bridgehead atoms. The van der Waals surface area contributed by atoms with Crippen LogP contribution in [0.1, 0.15) is 52.1 Å². The highest BCUT2D eigenvalue weighted by molar-refractivity contribution is 8.76. The zero-order chi connectivity index (χ0) is 51.0. The third kappa shape index (κ3) is 15.2. The fourth-order valence-corrected chi connectivity index (χ4v) is 12.5. The lowest BCUT2D eigenvalue weighted by Crippen LogP contribution is -2.56. The number of nitrogens with zero attached hydrogens (tertiary/aromatic N) is 4. The number of ether oxygens (including phenoxy) is 2. The maximum Gasteiger partial charge on any atom is 0.255 e. The second kappa shape index (κ2) is 26.3. The van der Waals surface area contributed by atoms with Crippen molar-refractivity contribution in [1.29, 1.82) is 5.26 Å². The minimum absolute atomic E-state index is 0.00102. The minimum atomic E-state index is -1.40. The molecule has 21 heteroatoms. The third-order valence-electron chi connectivity index (χ3n) is 11.3. The van der Waals surface area contributed by atoms with E-state index in [1.54, 1.807) is 43.3 Å². The molecule has 0 saturated carbocycles. The van der Waals surface area contributed by atoms with Crippen molar-refractivity contribution < 1.29 is 33.4 Å². The lowest BCUT2D eigenvalue weighted by molar-refractivity contribution is -0.141. The standard InChI is InChI=1S/C49H65N11O7S2Si/c1-30-38(28-55-44(56-30)34-10-7-32(8-11-34)29-69-68-23-24-70(4,5)6)46(62)58-39(15-16-50)49(65)60(3)43-35-12-14-42(67-22-19-53)37(27-35)36-25-33(9-13-41(36)66-21-18-52)26-40(47(63)54-20-17-51)59-45(61)31(2)57-48(43)64/h7-14,25,27-28,31,39-40,43H,15-16,18-24,26,29,50,52-53H2,1-6H3,(H,54,63)(H,57,64)(H,58,62)(H,59,61)/t31-,39-,40-,43-/m0/s1. The number of fused-ring (bicyclic) bond motifs is 5. The number of amides is 5. The molecule has 18 nitrogen and oxygen atoms in total. The largest absolute Gasteiger partial charge is 0.492 e. The molecule has 1 aliphatic rings.